The molecule has 11 heteroatoms. The first kappa shape index (κ1) is 24.2. The lowest BCUT2D eigenvalue weighted by Gasteiger charge is -2.35. The van der Waals surface area contributed by atoms with Gasteiger partial charge in [0.25, 0.3) is 21.6 Å². The Hall–Kier alpha value is -3.47. The van der Waals surface area contributed by atoms with Crippen molar-refractivity contribution in [2.24, 2.45) is 0 Å². The standard InChI is InChI=1S/C22H25N3O7S/c1-2-16-8-5-6-13-24(16)21(26)15-32-22(27)19-11-3-4-12-20(19)23-33(30,31)18-10-7-9-17(14-18)25(28)29/h3-4,7,9-12,14,16,23H,2,5-6,8,13,15H2,1H3. The van der Waals surface area contributed by atoms with E-state index in [1.807, 2.05) is 6.92 Å². The molecule has 3 rings (SSSR count). The number of nitro groups is 1. The van der Waals surface area contributed by atoms with E-state index in [1.54, 1.807) is 4.90 Å². The summed E-state index contributed by atoms with van der Waals surface area (Å²) in [7, 11) is -4.22. The number of amides is 1. The molecule has 0 saturated carbocycles. The fourth-order valence-electron chi connectivity index (χ4n) is 3.76. The highest BCUT2D eigenvalue weighted by Gasteiger charge is 2.27. The van der Waals surface area contributed by atoms with Gasteiger partial charge in [-0.25, -0.2) is 13.2 Å². The molecule has 0 aliphatic carbocycles. The number of nitro benzene ring substituents is 1. The Morgan fingerprint density at radius 2 is 1.94 bits per heavy atom. The molecule has 0 spiro atoms. The van der Waals surface area contributed by atoms with Crippen LogP contribution in [-0.4, -0.2) is 49.3 Å². The zero-order valence-electron chi connectivity index (χ0n) is 18.1. The molecular formula is C22H25N3O7S. The molecule has 0 aromatic heterocycles. The van der Waals surface area contributed by atoms with E-state index in [-0.39, 0.29) is 33.8 Å². The molecule has 0 bridgehead atoms. The average Bonchev–Trinajstić information content (AvgIpc) is 2.82. The van der Waals surface area contributed by atoms with Gasteiger partial charge in [0, 0.05) is 24.7 Å². The predicted octanol–water partition coefficient (Wildman–Crippen LogP) is 3.34. The Balaban J connectivity index is 1.73. The van der Waals surface area contributed by atoms with Gasteiger partial charge in [-0.1, -0.05) is 25.1 Å². The first-order valence-electron chi connectivity index (χ1n) is 10.6. The summed E-state index contributed by atoms with van der Waals surface area (Å²) in [6, 6.07) is 10.5. The minimum atomic E-state index is -4.22. The van der Waals surface area contributed by atoms with Crippen LogP contribution < -0.4 is 4.72 Å². The summed E-state index contributed by atoms with van der Waals surface area (Å²) in [6.45, 7) is 2.18. The zero-order valence-corrected chi connectivity index (χ0v) is 18.9. The third kappa shape index (κ3) is 5.86. The molecule has 1 aliphatic rings. The smallest absolute Gasteiger partial charge is 0.340 e. The fourth-order valence-corrected chi connectivity index (χ4v) is 4.88. The Labute approximate surface area is 191 Å². The molecule has 176 valence electrons. The molecule has 1 aliphatic heterocycles. The molecule has 2 aromatic carbocycles. The van der Waals surface area contributed by atoms with Crippen molar-refractivity contribution in [2.75, 3.05) is 17.9 Å². The van der Waals surface area contributed by atoms with Crippen molar-refractivity contribution in [2.45, 2.75) is 43.5 Å². The number of hydrogen-bond donors (Lipinski definition) is 1. The van der Waals surface area contributed by atoms with Crippen LogP contribution in [0, 0.1) is 10.1 Å². The van der Waals surface area contributed by atoms with Gasteiger partial charge in [0.1, 0.15) is 0 Å². The van der Waals surface area contributed by atoms with Gasteiger partial charge in [0.15, 0.2) is 6.61 Å². The SMILES string of the molecule is CCC1CCCCN1C(=O)COC(=O)c1ccccc1NS(=O)(=O)c1cccc([N+](=O)[O-])c1. The van der Waals surface area contributed by atoms with E-state index in [4.69, 9.17) is 4.74 Å². The van der Waals surface area contributed by atoms with Gasteiger partial charge in [0.05, 0.1) is 21.1 Å². The highest BCUT2D eigenvalue weighted by Crippen LogP contribution is 2.24. The third-order valence-corrected chi connectivity index (χ3v) is 6.84. The van der Waals surface area contributed by atoms with Crippen molar-refractivity contribution in [3.05, 3.63) is 64.2 Å². The van der Waals surface area contributed by atoms with Crippen LogP contribution in [0.1, 0.15) is 43.0 Å². The summed E-state index contributed by atoms with van der Waals surface area (Å²) >= 11 is 0. The predicted molar refractivity (Wildman–Crippen MR) is 120 cm³/mol. The van der Waals surface area contributed by atoms with E-state index in [0.717, 1.165) is 31.7 Å². The lowest BCUT2D eigenvalue weighted by molar-refractivity contribution is -0.385. The maximum atomic E-state index is 12.7. The summed E-state index contributed by atoms with van der Waals surface area (Å²) in [5.74, 6) is -1.14. The molecule has 1 N–H and O–H groups in total. The maximum absolute atomic E-state index is 12.7. The number of nitrogens with one attached hydrogen (secondary N) is 1. The van der Waals surface area contributed by atoms with Gasteiger partial charge in [-0.2, -0.15) is 0 Å². The zero-order chi connectivity index (χ0) is 24.0. The second-order valence-electron chi connectivity index (χ2n) is 7.63. The van der Waals surface area contributed by atoms with Crippen LogP contribution in [0.4, 0.5) is 11.4 Å². The summed E-state index contributed by atoms with van der Waals surface area (Å²) < 4.78 is 33.0. The van der Waals surface area contributed by atoms with Gasteiger partial charge in [-0.15, -0.1) is 0 Å². The summed E-state index contributed by atoms with van der Waals surface area (Å²) in [5.41, 5.74) is -0.525. The number of likely N-dealkylation sites (tertiary alicyclic amines) is 1. The third-order valence-electron chi connectivity index (χ3n) is 5.48. The molecule has 1 atom stereocenters. The Bertz CT molecular complexity index is 1150. The molecular weight excluding hydrogens is 450 g/mol. The van der Waals surface area contributed by atoms with E-state index in [2.05, 4.69) is 4.72 Å². The van der Waals surface area contributed by atoms with Crippen LogP contribution in [0.25, 0.3) is 0 Å². The Morgan fingerprint density at radius 3 is 2.67 bits per heavy atom. The monoisotopic (exact) mass is 475 g/mol. The van der Waals surface area contributed by atoms with Crippen molar-refractivity contribution >= 4 is 33.3 Å². The van der Waals surface area contributed by atoms with Crippen molar-refractivity contribution in [1.82, 2.24) is 4.90 Å². The van der Waals surface area contributed by atoms with Gasteiger partial charge >= 0.3 is 5.97 Å². The largest absolute Gasteiger partial charge is 0.452 e. The normalized spacial score (nSPS) is 16.2. The van der Waals surface area contributed by atoms with Crippen molar-refractivity contribution in [1.29, 1.82) is 0 Å². The number of hydrogen-bond acceptors (Lipinski definition) is 7. The van der Waals surface area contributed by atoms with Gasteiger partial charge in [-0.3, -0.25) is 19.6 Å². The number of esters is 1. The molecule has 2 aromatic rings. The highest BCUT2D eigenvalue weighted by molar-refractivity contribution is 7.92. The number of carbonyl (C=O) groups excluding carboxylic acids is 2. The van der Waals surface area contributed by atoms with Gasteiger partial charge < -0.3 is 9.64 Å². The summed E-state index contributed by atoms with van der Waals surface area (Å²) in [6.07, 6.45) is 3.69. The topological polar surface area (TPSA) is 136 Å². The summed E-state index contributed by atoms with van der Waals surface area (Å²) in [4.78, 5) is 36.9. The van der Waals surface area contributed by atoms with Crippen molar-refractivity contribution in [3.8, 4) is 0 Å². The van der Waals surface area contributed by atoms with Crippen LogP contribution in [0.15, 0.2) is 53.4 Å². The van der Waals surface area contributed by atoms with Crippen molar-refractivity contribution < 1.29 is 27.7 Å². The molecule has 10 nitrogen and oxygen atoms in total. The number of piperidine rings is 1. The highest BCUT2D eigenvalue weighted by atomic mass is 32.2. The molecule has 1 unspecified atom stereocenters. The second-order valence-corrected chi connectivity index (χ2v) is 9.31. The molecule has 1 heterocycles. The van der Waals surface area contributed by atoms with Crippen molar-refractivity contribution in [3.63, 3.8) is 0 Å². The second kappa shape index (κ2) is 10.4. The van der Waals surface area contributed by atoms with Crippen LogP contribution in [0.3, 0.4) is 0 Å². The van der Waals surface area contributed by atoms with Gasteiger partial charge in [0.2, 0.25) is 0 Å². The lowest BCUT2D eigenvalue weighted by atomic mass is 10.00. The van der Waals surface area contributed by atoms with E-state index in [0.29, 0.717) is 6.54 Å². The van der Waals surface area contributed by atoms with Gasteiger partial charge in [-0.05, 0) is 43.9 Å². The van der Waals surface area contributed by atoms with Crippen LogP contribution in [0.5, 0.6) is 0 Å². The number of rotatable bonds is 8. The first-order valence-corrected chi connectivity index (χ1v) is 12.0. The van der Waals surface area contributed by atoms with E-state index >= 15 is 0 Å². The van der Waals surface area contributed by atoms with Crippen LogP contribution in [-0.2, 0) is 19.6 Å². The Morgan fingerprint density at radius 1 is 1.18 bits per heavy atom. The molecule has 1 saturated heterocycles. The quantitative estimate of drug-likeness (QED) is 0.351. The van der Waals surface area contributed by atoms with Crippen LogP contribution in [0.2, 0.25) is 0 Å². The minimum Gasteiger partial charge on any atom is -0.452 e. The molecule has 0 radical (unpaired) electrons. The van der Waals surface area contributed by atoms with E-state index in [1.165, 1.54) is 42.5 Å². The summed E-state index contributed by atoms with van der Waals surface area (Å²) in [5, 5.41) is 11.0. The number of sulfonamides is 1. The number of carbonyl (C=O) groups is 2. The average molecular weight is 476 g/mol. The number of ether oxygens (including phenoxy) is 1. The molecule has 1 amide bonds. The van der Waals surface area contributed by atoms with Crippen LogP contribution >= 0.6 is 0 Å². The minimum absolute atomic E-state index is 0.0640. The maximum Gasteiger partial charge on any atom is 0.340 e. The number of non-ortho nitro benzene ring substituents is 1. The number of benzene rings is 2. The fraction of sp³-hybridized carbons (Fsp3) is 0.364. The Kier molecular flexibility index (Phi) is 7.64. The first-order chi connectivity index (χ1) is 15.7. The number of nitrogens with zero attached hydrogens (tertiary/aromatic N) is 2. The van der Waals surface area contributed by atoms with E-state index in [9.17, 15) is 28.1 Å². The van der Waals surface area contributed by atoms with E-state index < -0.39 is 27.5 Å². The molecule has 33 heavy (non-hydrogen) atoms. The molecule has 1 fully saturated rings. The number of anilines is 1. The lowest BCUT2D eigenvalue weighted by Crippen LogP contribution is -2.45. The number of para-hydroxylation sites is 1.